The summed E-state index contributed by atoms with van der Waals surface area (Å²) in [6.07, 6.45) is 1.12. The molecule has 20 heavy (non-hydrogen) atoms. The number of hydrogen-bond donors (Lipinski definition) is 1. The number of benzene rings is 2. The van der Waals surface area contributed by atoms with Crippen molar-refractivity contribution in [2.24, 2.45) is 0 Å². The van der Waals surface area contributed by atoms with E-state index < -0.39 is 0 Å². The van der Waals surface area contributed by atoms with Crippen LogP contribution in [0.1, 0.15) is 36.1 Å². The zero-order valence-corrected chi connectivity index (χ0v) is 12.5. The van der Waals surface area contributed by atoms with Gasteiger partial charge in [0.15, 0.2) is 0 Å². The number of hydrogen-bond acceptors (Lipinski definition) is 2. The van der Waals surface area contributed by atoms with Crippen molar-refractivity contribution in [3.05, 3.63) is 65.2 Å². The van der Waals surface area contributed by atoms with E-state index in [0.717, 1.165) is 18.7 Å². The normalized spacial score (nSPS) is 12.2. The third kappa shape index (κ3) is 3.61. The third-order valence-corrected chi connectivity index (χ3v) is 3.42. The highest BCUT2D eigenvalue weighted by atomic mass is 16.5. The van der Waals surface area contributed by atoms with Gasteiger partial charge in [-0.05, 0) is 43.1 Å². The van der Waals surface area contributed by atoms with E-state index in [0.29, 0.717) is 0 Å². The molecule has 0 aliphatic rings. The molecule has 0 heterocycles. The Kier molecular flexibility index (Phi) is 5.19. The smallest absolute Gasteiger partial charge is 0.118 e. The van der Waals surface area contributed by atoms with Crippen molar-refractivity contribution in [2.45, 2.75) is 26.3 Å². The van der Waals surface area contributed by atoms with E-state index in [1.165, 1.54) is 16.7 Å². The fourth-order valence-corrected chi connectivity index (χ4v) is 2.36. The van der Waals surface area contributed by atoms with Gasteiger partial charge in [0.1, 0.15) is 5.75 Å². The van der Waals surface area contributed by atoms with Gasteiger partial charge in [-0.1, -0.05) is 48.9 Å². The van der Waals surface area contributed by atoms with E-state index in [2.05, 4.69) is 55.6 Å². The molecule has 0 aliphatic carbocycles. The van der Waals surface area contributed by atoms with Gasteiger partial charge in [0, 0.05) is 0 Å². The predicted octanol–water partition coefficient (Wildman–Crippen LogP) is 4.09. The summed E-state index contributed by atoms with van der Waals surface area (Å²) in [6.45, 7) is 5.33. The van der Waals surface area contributed by atoms with Crippen LogP contribution in [0.3, 0.4) is 0 Å². The zero-order valence-electron chi connectivity index (χ0n) is 12.5. The minimum absolute atomic E-state index is 0.237. The van der Waals surface area contributed by atoms with Crippen molar-refractivity contribution in [2.75, 3.05) is 13.7 Å². The summed E-state index contributed by atoms with van der Waals surface area (Å²) < 4.78 is 5.23. The first kappa shape index (κ1) is 14.6. The van der Waals surface area contributed by atoms with E-state index in [1.54, 1.807) is 7.11 Å². The molecule has 0 saturated carbocycles. The van der Waals surface area contributed by atoms with E-state index in [4.69, 9.17) is 4.74 Å². The van der Waals surface area contributed by atoms with Crippen molar-refractivity contribution in [1.82, 2.24) is 5.32 Å². The summed E-state index contributed by atoms with van der Waals surface area (Å²) in [5, 5.41) is 3.63. The first-order valence-electron chi connectivity index (χ1n) is 7.18. The summed E-state index contributed by atoms with van der Waals surface area (Å²) in [5.41, 5.74) is 3.87. The van der Waals surface area contributed by atoms with Gasteiger partial charge in [-0.2, -0.15) is 0 Å². The van der Waals surface area contributed by atoms with Gasteiger partial charge in [0.05, 0.1) is 13.2 Å². The van der Waals surface area contributed by atoms with Crippen molar-refractivity contribution in [3.8, 4) is 5.75 Å². The molecule has 0 aliphatic heterocycles. The number of methoxy groups -OCH3 is 1. The highest BCUT2D eigenvalue weighted by Gasteiger charge is 2.13. The standard InChI is InChI=1S/C18H23NO/c1-4-12-19-18(16-7-5-6-14(2)13-16)15-8-10-17(20-3)11-9-15/h5-11,13,18-19H,4,12H2,1-3H3. The van der Waals surface area contributed by atoms with Crippen molar-refractivity contribution >= 4 is 0 Å². The van der Waals surface area contributed by atoms with Gasteiger partial charge in [0.25, 0.3) is 0 Å². The molecule has 2 aromatic carbocycles. The van der Waals surface area contributed by atoms with Crippen LogP contribution < -0.4 is 10.1 Å². The maximum Gasteiger partial charge on any atom is 0.118 e. The van der Waals surface area contributed by atoms with Gasteiger partial charge in [0.2, 0.25) is 0 Å². The minimum Gasteiger partial charge on any atom is -0.497 e. The van der Waals surface area contributed by atoms with Crippen LogP contribution >= 0.6 is 0 Å². The lowest BCUT2D eigenvalue weighted by Crippen LogP contribution is -2.23. The third-order valence-electron chi connectivity index (χ3n) is 3.42. The topological polar surface area (TPSA) is 21.3 Å². The largest absolute Gasteiger partial charge is 0.497 e. The number of rotatable bonds is 6. The second kappa shape index (κ2) is 7.11. The van der Waals surface area contributed by atoms with Crippen LogP contribution in [0.4, 0.5) is 0 Å². The Morgan fingerprint density at radius 3 is 2.40 bits per heavy atom. The summed E-state index contributed by atoms with van der Waals surface area (Å²) in [5.74, 6) is 0.896. The highest BCUT2D eigenvalue weighted by Crippen LogP contribution is 2.24. The number of ether oxygens (including phenoxy) is 1. The Bertz CT molecular complexity index is 533. The molecule has 1 N–H and O–H groups in total. The monoisotopic (exact) mass is 269 g/mol. The second-order valence-electron chi connectivity index (χ2n) is 5.07. The van der Waals surface area contributed by atoms with E-state index in [-0.39, 0.29) is 6.04 Å². The van der Waals surface area contributed by atoms with Crippen LogP contribution in [0.25, 0.3) is 0 Å². The first-order chi connectivity index (χ1) is 9.74. The fourth-order valence-electron chi connectivity index (χ4n) is 2.36. The highest BCUT2D eigenvalue weighted by molar-refractivity contribution is 5.36. The molecule has 0 saturated heterocycles. The maximum atomic E-state index is 5.23. The molecule has 0 amide bonds. The molecule has 0 spiro atoms. The Morgan fingerprint density at radius 1 is 1.05 bits per heavy atom. The maximum absolute atomic E-state index is 5.23. The van der Waals surface area contributed by atoms with Gasteiger partial charge in [-0.15, -0.1) is 0 Å². The van der Waals surface area contributed by atoms with Crippen LogP contribution in [0.5, 0.6) is 5.75 Å². The molecule has 2 aromatic rings. The lowest BCUT2D eigenvalue weighted by molar-refractivity contribution is 0.414. The Labute approximate surface area is 121 Å². The van der Waals surface area contributed by atoms with Gasteiger partial charge >= 0.3 is 0 Å². The summed E-state index contributed by atoms with van der Waals surface area (Å²) in [6, 6.07) is 17.2. The number of aryl methyl sites for hydroxylation is 1. The number of nitrogens with one attached hydrogen (secondary N) is 1. The minimum atomic E-state index is 0.237. The molecule has 0 radical (unpaired) electrons. The molecule has 0 aromatic heterocycles. The lowest BCUT2D eigenvalue weighted by Gasteiger charge is -2.20. The van der Waals surface area contributed by atoms with E-state index >= 15 is 0 Å². The lowest BCUT2D eigenvalue weighted by atomic mass is 9.97. The average molecular weight is 269 g/mol. The van der Waals surface area contributed by atoms with Crippen molar-refractivity contribution in [1.29, 1.82) is 0 Å². The molecule has 1 atom stereocenters. The SMILES string of the molecule is CCCNC(c1ccc(OC)cc1)c1cccc(C)c1. The zero-order chi connectivity index (χ0) is 14.4. The Morgan fingerprint density at radius 2 is 1.80 bits per heavy atom. The van der Waals surface area contributed by atoms with Crippen LogP contribution in [0.2, 0.25) is 0 Å². The van der Waals surface area contributed by atoms with Crippen LogP contribution in [-0.2, 0) is 0 Å². The molecule has 2 rings (SSSR count). The Balaban J connectivity index is 2.30. The fraction of sp³-hybridized carbons (Fsp3) is 0.333. The molecule has 1 unspecified atom stereocenters. The quantitative estimate of drug-likeness (QED) is 0.852. The van der Waals surface area contributed by atoms with Crippen LogP contribution in [0.15, 0.2) is 48.5 Å². The van der Waals surface area contributed by atoms with Gasteiger partial charge < -0.3 is 10.1 Å². The summed E-state index contributed by atoms with van der Waals surface area (Å²) in [7, 11) is 1.70. The molecular weight excluding hydrogens is 246 g/mol. The van der Waals surface area contributed by atoms with Crippen molar-refractivity contribution in [3.63, 3.8) is 0 Å². The molecule has 0 fully saturated rings. The molecular formula is C18H23NO. The molecule has 0 bridgehead atoms. The van der Waals surface area contributed by atoms with Crippen molar-refractivity contribution < 1.29 is 4.74 Å². The van der Waals surface area contributed by atoms with E-state index in [1.807, 2.05) is 12.1 Å². The first-order valence-corrected chi connectivity index (χ1v) is 7.18. The van der Waals surface area contributed by atoms with Crippen LogP contribution in [-0.4, -0.2) is 13.7 Å². The second-order valence-corrected chi connectivity index (χ2v) is 5.07. The molecule has 2 heteroatoms. The summed E-state index contributed by atoms with van der Waals surface area (Å²) >= 11 is 0. The summed E-state index contributed by atoms with van der Waals surface area (Å²) in [4.78, 5) is 0. The average Bonchev–Trinajstić information content (AvgIpc) is 2.48. The van der Waals surface area contributed by atoms with Gasteiger partial charge in [-0.3, -0.25) is 0 Å². The Hall–Kier alpha value is -1.80. The predicted molar refractivity (Wildman–Crippen MR) is 84.3 cm³/mol. The van der Waals surface area contributed by atoms with E-state index in [9.17, 15) is 0 Å². The van der Waals surface area contributed by atoms with Gasteiger partial charge in [-0.25, -0.2) is 0 Å². The van der Waals surface area contributed by atoms with Crippen LogP contribution in [0, 0.1) is 6.92 Å². The molecule has 106 valence electrons. The molecule has 2 nitrogen and oxygen atoms in total.